The van der Waals surface area contributed by atoms with Crippen LogP contribution in [0.1, 0.15) is 5.82 Å². The van der Waals surface area contributed by atoms with Crippen molar-refractivity contribution in [3.8, 4) is 0 Å². The first-order valence-electron chi connectivity index (χ1n) is 5.30. The molecular weight excluding hydrogens is 255 g/mol. The third-order valence-electron chi connectivity index (χ3n) is 2.45. The molecule has 94 valence electrons. The minimum absolute atomic E-state index is 0.0906. The zero-order valence-corrected chi connectivity index (χ0v) is 10.5. The topological polar surface area (TPSA) is 55.0 Å². The van der Waals surface area contributed by atoms with Gasteiger partial charge in [-0.3, -0.25) is 0 Å². The van der Waals surface area contributed by atoms with Gasteiger partial charge < -0.3 is 10.6 Å². The van der Waals surface area contributed by atoms with Crippen molar-refractivity contribution in [2.45, 2.75) is 6.54 Å². The molecule has 1 heterocycles. The van der Waals surface area contributed by atoms with Gasteiger partial charge in [0, 0.05) is 18.9 Å². The first kappa shape index (κ1) is 12.6. The van der Waals surface area contributed by atoms with Crippen molar-refractivity contribution in [1.29, 1.82) is 0 Å². The zero-order valence-electron chi connectivity index (χ0n) is 9.77. The lowest BCUT2D eigenvalue weighted by atomic mass is 10.3. The highest BCUT2D eigenvalue weighted by atomic mass is 35.5. The highest BCUT2D eigenvalue weighted by Gasteiger charge is 2.07. The third kappa shape index (κ3) is 2.87. The number of halogens is 2. The number of nitrogens with two attached hydrogens (primary N) is 1. The molecule has 0 aliphatic heterocycles. The van der Waals surface area contributed by atoms with Gasteiger partial charge in [0.25, 0.3) is 0 Å². The number of rotatable bonds is 3. The molecule has 4 nitrogen and oxygen atoms in total. The van der Waals surface area contributed by atoms with E-state index in [0.717, 1.165) is 5.69 Å². The molecule has 18 heavy (non-hydrogen) atoms. The molecular formula is C12H12ClFN4. The van der Waals surface area contributed by atoms with Crippen LogP contribution in [-0.4, -0.2) is 17.0 Å². The van der Waals surface area contributed by atoms with Crippen molar-refractivity contribution < 1.29 is 4.39 Å². The number of anilines is 2. The molecule has 0 atom stereocenters. The quantitative estimate of drug-likeness (QED) is 0.927. The highest BCUT2D eigenvalue weighted by Crippen LogP contribution is 2.22. The van der Waals surface area contributed by atoms with E-state index in [1.54, 1.807) is 24.4 Å². The first-order valence-corrected chi connectivity index (χ1v) is 5.67. The van der Waals surface area contributed by atoms with Crippen LogP contribution in [0, 0.1) is 5.82 Å². The van der Waals surface area contributed by atoms with Gasteiger partial charge in [0.05, 0.1) is 11.6 Å². The van der Waals surface area contributed by atoms with E-state index in [1.807, 2.05) is 11.9 Å². The summed E-state index contributed by atoms with van der Waals surface area (Å²) in [5, 5.41) is 0.0906. The van der Waals surface area contributed by atoms with E-state index in [9.17, 15) is 4.39 Å². The summed E-state index contributed by atoms with van der Waals surface area (Å²) < 4.78 is 13.1. The highest BCUT2D eigenvalue weighted by molar-refractivity contribution is 6.31. The molecule has 0 unspecified atom stereocenters. The summed E-state index contributed by atoms with van der Waals surface area (Å²) in [6, 6.07) is 6.16. The van der Waals surface area contributed by atoms with E-state index in [1.165, 1.54) is 6.07 Å². The molecule has 1 aromatic heterocycles. The third-order valence-corrected chi connectivity index (χ3v) is 2.74. The molecule has 2 N–H and O–H groups in total. The second-order valence-corrected chi connectivity index (χ2v) is 4.26. The Kier molecular flexibility index (Phi) is 3.62. The van der Waals surface area contributed by atoms with Crippen molar-refractivity contribution in [1.82, 2.24) is 9.97 Å². The Morgan fingerprint density at radius 1 is 1.39 bits per heavy atom. The minimum atomic E-state index is -0.436. The van der Waals surface area contributed by atoms with Crippen LogP contribution < -0.4 is 10.6 Å². The monoisotopic (exact) mass is 266 g/mol. The molecule has 0 amide bonds. The maximum atomic E-state index is 13.1. The summed E-state index contributed by atoms with van der Waals surface area (Å²) in [5.74, 6) is 0.581. The van der Waals surface area contributed by atoms with Crippen molar-refractivity contribution in [3.05, 3.63) is 47.1 Å². The van der Waals surface area contributed by atoms with Gasteiger partial charge >= 0.3 is 0 Å². The van der Waals surface area contributed by atoms with Gasteiger partial charge in [-0.25, -0.2) is 14.4 Å². The van der Waals surface area contributed by atoms with Gasteiger partial charge in [0.2, 0.25) is 0 Å². The number of nitrogen functional groups attached to an aromatic ring is 1. The van der Waals surface area contributed by atoms with E-state index < -0.39 is 5.82 Å². The zero-order chi connectivity index (χ0) is 13.1. The minimum Gasteiger partial charge on any atom is -0.384 e. The maximum absolute atomic E-state index is 13.1. The fourth-order valence-corrected chi connectivity index (χ4v) is 1.69. The molecule has 0 bridgehead atoms. The van der Waals surface area contributed by atoms with Gasteiger partial charge in [0.15, 0.2) is 0 Å². The van der Waals surface area contributed by atoms with E-state index >= 15 is 0 Å². The van der Waals surface area contributed by atoms with Crippen molar-refractivity contribution in [2.75, 3.05) is 17.7 Å². The number of hydrogen-bond donors (Lipinski definition) is 1. The summed E-state index contributed by atoms with van der Waals surface area (Å²) in [7, 11) is 1.84. The van der Waals surface area contributed by atoms with Crippen LogP contribution >= 0.6 is 11.6 Å². The van der Waals surface area contributed by atoms with Crippen molar-refractivity contribution >= 4 is 23.1 Å². The summed E-state index contributed by atoms with van der Waals surface area (Å²) >= 11 is 5.73. The van der Waals surface area contributed by atoms with Crippen LogP contribution in [0.2, 0.25) is 5.02 Å². The molecule has 0 fully saturated rings. The van der Waals surface area contributed by atoms with Gasteiger partial charge in [-0.05, 0) is 24.3 Å². The van der Waals surface area contributed by atoms with Gasteiger partial charge in [-0.15, -0.1) is 0 Å². The van der Waals surface area contributed by atoms with Gasteiger partial charge in [-0.2, -0.15) is 0 Å². The molecule has 0 saturated heterocycles. The Balaban J connectivity index is 2.16. The second kappa shape index (κ2) is 5.18. The van der Waals surface area contributed by atoms with Crippen LogP contribution in [-0.2, 0) is 6.54 Å². The van der Waals surface area contributed by atoms with E-state index in [0.29, 0.717) is 18.2 Å². The molecule has 0 aliphatic carbocycles. The van der Waals surface area contributed by atoms with Crippen molar-refractivity contribution in [2.24, 2.45) is 0 Å². The lowest BCUT2D eigenvalue weighted by Crippen LogP contribution is -2.18. The van der Waals surface area contributed by atoms with Crippen molar-refractivity contribution in [3.63, 3.8) is 0 Å². The Morgan fingerprint density at radius 3 is 2.83 bits per heavy atom. The van der Waals surface area contributed by atoms with Gasteiger partial charge in [-0.1, -0.05) is 11.6 Å². The summed E-state index contributed by atoms with van der Waals surface area (Å²) in [4.78, 5) is 10.1. The SMILES string of the molecule is CN(Cc1nccc(N)n1)c1ccc(F)c(Cl)c1. The Hall–Kier alpha value is -1.88. The van der Waals surface area contributed by atoms with Crippen LogP contribution in [0.3, 0.4) is 0 Å². The number of nitrogens with zero attached hydrogens (tertiary/aromatic N) is 3. The fourth-order valence-electron chi connectivity index (χ4n) is 1.52. The Morgan fingerprint density at radius 2 is 2.17 bits per heavy atom. The Labute approximate surface area is 109 Å². The molecule has 6 heteroatoms. The second-order valence-electron chi connectivity index (χ2n) is 3.85. The molecule has 0 aliphatic rings. The number of benzene rings is 1. The maximum Gasteiger partial charge on any atom is 0.149 e. The molecule has 1 aromatic carbocycles. The smallest absolute Gasteiger partial charge is 0.149 e. The first-order chi connectivity index (χ1) is 8.56. The summed E-state index contributed by atoms with van der Waals surface area (Å²) in [6.07, 6.45) is 1.60. The van der Waals surface area contributed by atoms with E-state index in [-0.39, 0.29) is 5.02 Å². The molecule has 0 spiro atoms. The average Bonchev–Trinajstić information content (AvgIpc) is 2.32. The predicted molar refractivity (Wildman–Crippen MR) is 70.0 cm³/mol. The van der Waals surface area contributed by atoms with Crippen LogP contribution in [0.4, 0.5) is 15.9 Å². The van der Waals surface area contributed by atoms with Crippen LogP contribution in [0.15, 0.2) is 30.5 Å². The normalized spacial score (nSPS) is 10.4. The molecule has 0 radical (unpaired) electrons. The largest absolute Gasteiger partial charge is 0.384 e. The number of aromatic nitrogens is 2. The lowest BCUT2D eigenvalue weighted by molar-refractivity contribution is 0.628. The summed E-state index contributed by atoms with van der Waals surface area (Å²) in [6.45, 7) is 0.465. The van der Waals surface area contributed by atoms with Gasteiger partial charge in [0.1, 0.15) is 17.5 Å². The molecule has 0 saturated carbocycles. The van der Waals surface area contributed by atoms with E-state index in [2.05, 4.69) is 9.97 Å². The summed E-state index contributed by atoms with van der Waals surface area (Å²) in [5.41, 5.74) is 6.36. The average molecular weight is 267 g/mol. The van der Waals surface area contributed by atoms with E-state index in [4.69, 9.17) is 17.3 Å². The predicted octanol–water partition coefficient (Wildman–Crippen LogP) is 2.49. The molecule has 2 rings (SSSR count). The lowest BCUT2D eigenvalue weighted by Gasteiger charge is -2.18. The van der Waals surface area contributed by atoms with Crippen LogP contribution in [0.5, 0.6) is 0 Å². The fraction of sp³-hybridized carbons (Fsp3) is 0.167. The Bertz CT molecular complexity index is 562. The van der Waals surface area contributed by atoms with Crippen LogP contribution in [0.25, 0.3) is 0 Å². The standard InChI is InChI=1S/C12H12ClFN4/c1-18(7-12-16-5-4-11(15)17-12)8-2-3-10(14)9(13)6-8/h2-6H,7H2,1H3,(H2,15,16,17). The molecule has 2 aromatic rings. The number of hydrogen-bond acceptors (Lipinski definition) is 4.